The minimum atomic E-state index is -2.93. The van der Waals surface area contributed by atoms with Crippen molar-refractivity contribution in [2.45, 2.75) is 32.5 Å². The molecule has 0 aromatic carbocycles. The second kappa shape index (κ2) is 5.11. The van der Waals surface area contributed by atoms with Crippen LogP contribution in [-0.4, -0.2) is 25.5 Å². The third-order valence-corrected chi connectivity index (χ3v) is 4.33. The molecule has 1 aliphatic rings. The van der Waals surface area contributed by atoms with Crippen molar-refractivity contribution in [2.24, 2.45) is 0 Å². The molecule has 1 saturated heterocycles. The van der Waals surface area contributed by atoms with Gasteiger partial charge in [0.25, 0.3) is 0 Å². The molecular formula is C8H17NO3P. The van der Waals surface area contributed by atoms with Crippen LogP contribution in [0.15, 0.2) is 0 Å². The van der Waals surface area contributed by atoms with Gasteiger partial charge in [-0.3, -0.25) is 4.57 Å². The predicted molar refractivity (Wildman–Crippen MR) is 50.9 cm³/mol. The van der Waals surface area contributed by atoms with Crippen LogP contribution in [0, 0.1) is 0 Å². The maximum atomic E-state index is 12.1. The highest BCUT2D eigenvalue weighted by molar-refractivity contribution is 7.54. The summed E-state index contributed by atoms with van der Waals surface area (Å²) in [5.41, 5.74) is 0. The maximum Gasteiger partial charge on any atom is 0.349 e. The van der Waals surface area contributed by atoms with Crippen molar-refractivity contribution < 1.29 is 13.6 Å². The van der Waals surface area contributed by atoms with Gasteiger partial charge in [-0.15, -0.1) is 0 Å². The Kier molecular flexibility index (Phi) is 4.39. The summed E-state index contributed by atoms with van der Waals surface area (Å²) in [6, 6.07) is 0. The second-order valence-corrected chi connectivity index (χ2v) is 5.10. The monoisotopic (exact) mass is 206 g/mol. The summed E-state index contributed by atoms with van der Waals surface area (Å²) in [5.74, 6) is -0.215. The zero-order chi connectivity index (χ0) is 9.73. The Bertz CT molecular complexity index is 182. The fourth-order valence-corrected chi connectivity index (χ4v) is 3.39. The van der Waals surface area contributed by atoms with Crippen molar-refractivity contribution in [3.8, 4) is 0 Å². The Balaban J connectivity index is 2.58. The molecule has 13 heavy (non-hydrogen) atoms. The van der Waals surface area contributed by atoms with E-state index in [0.717, 1.165) is 19.4 Å². The third kappa shape index (κ3) is 2.78. The van der Waals surface area contributed by atoms with Gasteiger partial charge >= 0.3 is 7.60 Å². The number of hydrogen-bond acceptors (Lipinski definition) is 3. The lowest BCUT2D eigenvalue weighted by Gasteiger charge is -2.21. The Morgan fingerprint density at radius 2 is 2.00 bits per heavy atom. The van der Waals surface area contributed by atoms with Crippen LogP contribution in [0.2, 0.25) is 0 Å². The minimum Gasteiger partial charge on any atom is -0.308 e. The average molecular weight is 206 g/mol. The molecule has 77 valence electrons. The zero-order valence-corrected chi connectivity index (χ0v) is 9.13. The van der Waals surface area contributed by atoms with E-state index in [2.05, 4.69) is 5.32 Å². The molecule has 4 nitrogen and oxygen atoms in total. The van der Waals surface area contributed by atoms with E-state index in [4.69, 9.17) is 9.05 Å². The Labute approximate surface area is 79.5 Å². The van der Waals surface area contributed by atoms with Crippen LogP contribution in [0.25, 0.3) is 0 Å². The van der Waals surface area contributed by atoms with Crippen LogP contribution in [-0.2, 0) is 13.6 Å². The lowest BCUT2D eigenvalue weighted by Crippen LogP contribution is -2.18. The normalized spacial score (nSPS) is 23.7. The molecule has 1 aliphatic heterocycles. The van der Waals surface area contributed by atoms with E-state index in [0.29, 0.717) is 13.2 Å². The standard InChI is InChI=1S/C8H17NO3P/c1-3-11-13(10,12-4-2)8-6-5-7-9-8/h8H,3-7H2,1-2H3/t8-/m1/s1. The van der Waals surface area contributed by atoms with Crippen molar-refractivity contribution in [1.82, 2.24) is 5.32 Å². The quantitative estimate of drug-likeness (QED) is 0.646. The summed E-state index contributed by atoms with van der Waals surface area (Å²) in [5, 5.41) is 4.23. The molecule has 0 N–H and O–H groups in total. The molecule has 0 saturated carbocycles. The van der Waals surface area contributed by atoms with Gasteiger partial charge in [-0.25, -0.2) is 5.32 Å². The van der Waals surface area contributed by atoms with Crippen LogP contribution in [0.3, 0.4) is 0 Å². The van der Waals surface area contributed by atoms with Crippen molar-refractivity contribution in [3.63, 3.8) is 0 Å². The van der Waals surface area contributed by atoms with E-state index in [1.807, 2.05) is 13.8 Å². The number of rotatable bonds is 5. The molecule has 0 amide bonds. The molecule has 5 heteroatoms. The summed E-state index contributed by atoms with van der Waals surface area (Å²) in [6.45, 7) is 5.27. The lowest BCUT2D eigenvalue weighted by atomic mass is 10.4. The van der Waals surface area contributed by atoms with Gasteiger partial charge in [-0.05, 0) is 26.7 Å². The van der Waals surface area contributed by atoms with Crippen molar-refractivity contribution in [3.05, 3.63) is 0 Å². The minimum absolute atomic E-state index is 0.215. The molecule has 1 fully saturated rings. The van der Waals surface area contributed by atoms with Gasteiger partial charge < -0.3 is 9.05 Å². The van der Waals surface area contributed by atoms with Gasteiger partial charge in [0.05, 0.1) is 13.2 Å². The van der Waals surface area contributed by atoms with Crippen molar-refractivity contribution >= 4 is 7.60 Å². The third-order valence-electron chi connectivity index (χ3n) is 1.94. The molecule has 0 aromatic rings. The van der Waals surface area contributed by atoms with Gasteiger partial charge in [-0.1, -0.05) is 0 Å². The first kappa shape index (κ1) is 11.2. The molecule has 0 aliphatic carbocycles. The number of nitrogens with zero attached hydrogens (tertiary/aromatic N) is 1. The average Bonchev–Trinajstić information content (AvgIpc) is 2.57. The van der Waals surface area contributed by atoms with Crippen molar-refractivity contribution in [1.29, 1.82) is 0 Å². The van der Waals surface area contributed by atoms with E-state index < -0.39 is 7.60 Å². The lowest BCUT2D eigenvalue weighted by molar-refractivity contribution is 0.209. The SMILES string of the molecule is CCOP(=O)(OCC)[C@@H]1CCC[N]1. The summed E-state index contributed by atoms with van der Waals surface area (Å²) in [4.78, 5) is 0. The molecular weight excluding hydrogens is 189 g/mol. The zero-order valence-electron chi connectivity index (χ0n) is 8.23. The summed E-state index contributed by atoms with van der Waals surface area (Å²) < 4.78 is 22.5. The van der Waals surface area contributed by atoms with E-state index in [-0.39, 0.29) is 5.78 Å². The van der Waals surface area contributed by atoms with Crippen LogP contribution in [0.5, 0.6) is 0 Å². The van der Waals surface area contributed by atoms with Gasteiger partial charge in [-0.2, -0.15) is 0 Å². The first-order chi connectivity index (χ1) is 6.23. The summed E-state index contributed by atoms with van der Waals surface area (Å²) in [7, 11) is -2.93. The first-order valence-electron chi connectivity index (χ1n) is 4.78. The predicted octanol–water partition coefficient (Wildman–Crippen LogP) is 1.98. The highest BCUT2D eigenvalue weighted by atomic mass is 31.2. The van der Waals surface area contributed by atoms with Gasteiger partial charge in [0.15, 0.2) is 0 Å². The fraction of sp³-hybridized carbons (Fsp3) is 1.00. The summed E-state index contributed by atoms with van der Waals surface area (Å²) >= 11 is 0. The Hall–Kier alpha value is 0.110. The Morgan fingerprint density at radius 1 is 1.38 bits per heavy atom. The molecule has 0 unspecified atom stereocenters. The van der Waals surface area contributed by atoms with Gasteiger partial charge in [0, 0.05) is 6.54 Å². The fourth-order valence-electron chi connectivity index (χ4n) is 1.43. The molecule has 1 rings (SSSR count). The first-order valence-corrected chi connectivity index (χ1v) is 6.39. The highest BCUT2D eigenvalue weighted by Crippen LogP contribution is 2.54. The Morgan fingerprint density at radius 3 is 2.38 bits per heavy atom. The van der Waals surface area contributed by atoms with Gasteiger partial charge in [0.1, 0.15) is 5.78 Å². The second-order valence-electron chi connectivity index (χ2n) is 2.90. The maximum absolute atomic E-state index is 12.1. The summed E-state index contributed by atoms with van der Waals surface area (Å²) in [6.07, 6.45) is 1.83. The van der Waals surface area contributed by atoms with Crippen LogP contribution in [0.1, 0.15) is 26.7 Å². The molecule has 0 bridgehead atoms. The highest BCUT2D eigenvalue weighted by Gasteiger charge is 2.38. The van der Waals surface area contributed by atoms with E-state index >= 15 is 0 Å². The van der Waals surface area contributed by atoms with E-state index in [1.165, 1.54) is 0 Å². The van der Waals surface area contributed by atoms with Crippen molar-refractivity contribution in [2.75, 3.05) is 19.8 Å². The van der Waals surface area contributed by atoms with Crippen LogP contribution in [0.4, 0.5) is 0 Å². The molecule has 1 atom stereocenters. The largest absolute Gasteiger partial charge is 0.349 e. The van der Waals surface area contributed by atoms with E-state index in [9.17, 15) is 4.57 Å². The van der Waals surface area contributed by atoms with E-state index in [1.54, 1.807) is 0 Å². The molecule has 0 aromatic heterocycles. The molecule has 0 spiro atoms. The van der Waals surface area contributed by atoms with Gasteiger partial charge in [0.2, 0.25) is 0 Å². The van der Waals surface area contributed by atoms with Crippen LogP contribution < -0.4 is 5.32 Å². The number of hydrogen-bond donors (Lipinski definition) is 0. The molecule has 1 heterocycles. The smallest absolute Gasteiger partial charge is 0.308 e. The molecule has 1 radical (unpaired) electrons. The van der Waals surface area contributed by atoms with Crippen LogP contribution >= 0.6 is 7.60 Å². The topological polar surface area (TPSA) is 49.6 Å².